The van der Waals surface area contributed by atoms with Crippen molar-refractivity contribution in [2.24, 2.45) is 0 Å². The molecule has 0 aromatic heterocycles. The molecule has 1 atom stereocenters. The number of rotatable bonds is 9. The second kappa shape index (κ2) is 10.7. The van der Waals surface area contributed by atoms with E-state index in [9.17, 15) is 4.79 Å². The van der Waals surface area contributed by atoms with Crippen molar-refractivity contribution in [1.29, 1.82) is 0 Å². The number of piperidine rings is 2. The molecule has 2 fully saturated rings. The maximum atomic E-state index is 12.8. The first-order valence-corrected chi connectivity index (χ1v) is 13.1. The standard InChI is InChI=1S/C27H52N2O5/c1-19(2)33-28-26(8,9)17-22(18-27(28,10)11)32-23(30)14-13-20(3)34-29-24(4,5)15-21(31-12)16-25(29,6)7/h19-22H,13-18H2,1-12H3. The van der Waals surface area contributed by atoms with Crippen LogP contribution in [0.1, 0.15) is 115 Å². The highest BCUT2D eigenvalue weighted by atomic mass is 16.7. The summed E-state index contributed by atoms with van der Waals surface area (Å²) in [5.74, 6) is -0.151. The largest absolute Gasteiger partial charge is 0.462 e. The lowest BCUT2D eigenvalue weighted by atomic mass is 9.80. The van der Waals surface area contributed by atoms with Gasteiger partial charge in [0.05, 0.1) is 18.3 Å². The number of carbonyl (C=O) groups excluding carboxylic acids is 1. The summed E-state index contributed by atoms with van der Waals surface area (Å²) in [5.41, 5.74) is -0.751. The van der Waals surface area contributed by atoms with Gasteiger partial charge < -0.3 is 9.47 Å². The van der Waals surface area contributed by atoms with Gasteiger partial charge >= 0.3 is 5.97 Å². The lowest BCUT2D eigenvalue weighted by Crippen LogP contribution is -2.62. The molecule has 0 aliphatic carbocycles. The van der Waals surface area contributed by atoms with Crippen LogP contribution in [0.3, 0.4) is 0 Å². The van der Waals surface area contributed by atoms with Crippen molar-refractivity contribution in [2.45, 2.75) is 161 Å². The van der Waals surface area contributed by atoms with E-state index >= 15 is 0 Å². The summed E-state index contributed by atoms with van der Waals surface area (Å²) in [7, 11) is 1.78. The van der Waals surface area contributed by atoms with Gasteiger partial charge in [-0.05, 0) is 95.4 Å². The van der Waals surface area contributed by atoms with E-state index in [4.69, 9.17) is 19.1 Å². The summed E-state index contributed by atoms with van der Waals surface area (Å²) in [6, 6.07) is 0. The molecule has 34 heavy (non-hydrogen) atoms. The second-order valence-electron chi connectivity index (χ2n) is 13.2. The molecule has 7 heteroatoms. The van der Waals surface area contributed by atoms with E-state index in [1.165, 1.54) is 0 Å². The van der Waals surface area contributed by atoms with Crippen molar-refractivity contribution in [2.75, 3.05) is 7.11 Å². The predicted molar refractivity (Wildman–Crippen MR) is 135 cm³/mol. The molecular formula is C27H52N2O5. The Morgan fingerprint density at radius 2 is 1.18 bits per heavy atom. The van der Waals surface area contributed by atoms with Gasteiger partial charge in [-0.1, -0.05) is 0 Å². The van der Waals surface area contributed by atoms with E-state index in [0.29, 0.717) is 12.8 Å². The third kappa shape index (κ3) is 7.39. The Morgan fingerprint density at radius 3 is 1.59 bits per heavy atom. The van der Waals surface area contributed by atoms with Gasteiger partial charge in [-0.3, -0.25) is 14.5 Å². The summed E-state index contributed by atoms with van der Waals surface area (Å²) < 4.78 is 11.6. The van der Waals surface area contributed by atoms with Crippen LogP contribution in [0.5, 0.6) is 0 Å². The molecule has 0 amide bonds. The van der Waals surface area contributed by atoms with Gasteiger partial charge in [0.2, 0.25) is 0 Å². The highest BCUT2D eigenvalue weighted by Crippen LogP contribution is 2.41. The van der Waals surface area contributed by atoms with E-state index in [2.05, 4.69) is 65.5 Å². The minimum atomic E-state index is -0.223. The molecule has 0 aromatic carbocycles. The molecule has 2 saturated heterocycles. The third-order valence-electron chi connectivity index (χ3n) is 7.10. The lowest BCUT2D eigenvalue weighted by molar-refractivity contribution is -0.313. The first-order chi connectivity index (χ1) is 15.4. The highest BCUT2D eigenvalue weighted by Gasteiger charge is 2.49. The first kappa shape index (κ1) is 29.5. The summed E-state index contributed by atoms with van der Waals surface area (Å²) in [4.78, 5) is 25.3. The zero-order valence-electron chi connectivity index (χ0n) is 24.0. The van der Waals surface area contributed by atoms with Crippen LogP contribution in [0.2, 0.25) is 0 Å². The number of methoxy groups -OCH3 is 1. The quantitative estimate of drug-likeness (QED) is 0.391. The SMILES string of the molecule is COC1CC(C)(C)N(OC(C)CCC(=O)OC2CC(C)(C)N(OC(C)C)C(C)(C)C2)C(C)(C)C1. The molecule has 2 rings (SSSR count). The van der Waals surface area contributed by atoms with Crippen LogP contribution in [0.25, 0.3) is 0 Å². The molecule has 0 spiro atoms. The molecule has 2 aliphatic heterocycles. The molecule has 200 valence electrons. The van der Waals surface area contributed by atoms with E-state index in [1.54, 1.807) is 7.11 Å². The monoisotopic (exact) mass is 484 g/mol. The highest BCUT2D eigenvalue weighted by molar-refractivity contribution is 5.69. The molecule has 2 heterocycles. The second-order valence-corrected chi connectivity index (χ2v) is 13.2. The van der Waals surface area contributed by atoms with Crippen LogP contribution in [0.15, 0.2) is 0 Å². The van der Waals surface area contributed by atoms with Gasteiger partial charge in [-0.15, -0.1) is 0 Å². The Balaban J connectivity index is 1.90. The van der Waals surface area contributed by atoms with Crippen molar-refractivity contribution in [1.82, 2.24) is 10.1 Å². The molecule has 7 nitrogen and oxygen atoms in total. The lowest BCUT2D eigenvalue weighted by Gasteiger charge is -2.54. The van der Waals surface area contributed by atoms with Gasteiger partial charge in [0, 0.05) is 48.5 Å². The maximum Gasteiger partial charge on any atom is 0.306 e. The molecule has 0 radical (unpaired) electrons. The van der Waals surface area contributed by atoms with Crippen LogP contribution in [-0.2, 0) is 23.9 Å². The molecule has 0 saturated carbocycles. The number of nitrogens with zero attached hydrogens (tertiary/aromatic N) is 2. The predicted octanol–water partition coefficient (Wildman–Crippen LogP) is 5.66. The van der Waals surface area contributed by atoms with Crippen molar-refractivity contribution in [3.8, 4) is 0 Å². The molecule has 0 N–H and O–H groups in total. The van der Waals surface area contributed by atoms with Crippen molar-refractivity contribution in [3.63, 3.8) is 0 Å². The number of ether oxygens (including phenoxy) is 2. The van der Waals surface area contributed by atoms with E-state index in [0.717, 1.165) is 25.7 Å². The van der Waals surface area contributed by atoms with Gasteiger partial charge in [0.1, 0.15) is 6.10 Å². The number of carbonyl (C=O) groups is 1. The topological polar surface area (TPSA) is 60.5 Å². The fourth-order valence-electron chi connectivity index (χ4n) is 6.17. The molecule has 0 aromatic rings. The number of hydrogen-bond acceptors (Lipinski definition) is 7. The fraction of sp³-hybridized carbons (Fsp3) is 0.963. The maximum absolute atomic E-state index is 12.8. The van der Waals surface area contributed by atoms with Crippen molar-refractivity contribution >= 4 is 5.97 Å². The van der Waals surface area contributed by atoms with Gasteiger partial charge in [-0.2, -0.15) is 10.1 Å². The molecule has 2 aliphatic rings. The molecule has 0 bridgehead atoms. The average molecular weight is 485 g/mol. The van der Waals surface area contributed by atoms with Gasteiger partial charge in [0.15, 0.2) is 0 Å². The Morgan fingerprint density at radius 1 is 0.765 bits per heavy atom. The third-order valence-corrected chi connectivity index (χ3v) is 7.10. The Hall–Kier alpha value is -0.730. The number of esters is 1. The Labute approximate surface area is 208 Å². The minimum Gasteiger partial charge on any atom is -0.462 e. The van der Waals surface area contributed by atoms with E-state index in [1.807, 2.05) is 20.8 Å². The minimum absolute atomic E-state index is 0.0839. The smallest absolute Gasteiger partial charge is 0.306 e. The summed E-state index contributed by atoms with van der Waals surface area (Å²) in [5, 5.41) is 4.22. The molecular weight excluding hydrogens is 432 g/mol. The normalized spacial score (nSPS) is 26.5. The van der Waals surface area contributed by atoms with Crippen LogP contribution in [0, 0.1) is 0 Å². The van der Waals surface area contributed by atoms with Crippen LogP contribution < -0.4 is 0 Å². The summed E-state index contributed by atoms with van der Waals surface area (Å²) in [6.45, 7) is 23.5. The number of hydroxylamine groups is 4. The number of hydrogen-bond donors (Lipinski definition) is 0. The summed E-state index contributed by atoms with van der Waals surface area (Å²) in [6.07, 6.45) is 4.41. The van der Waals surface area contributed by atoms with Crippen LogP contribution >= 0.6 is 0 Å². The van der Waals surface area contributed by atoms with E-state index < -0.39 is 0 Å². The Bertz CT molecular complexity index is 653. The zero-order valence-corrected chi connectivity index (χ0v) is 24.0. The zero-order chi connectivity index (χ0) is 26.1. The average Bonchev–Trinajstić information content (AvgIpc) is 2.64. The van der Waals surface area contributed by atoms with Crippen molar-refractivity contribution in [3.05, 3.63) is 0 Å². The van der Waals surface area contributed by atoms with Crippen LogP contribution in [-0.4, -0.2) is 69.8 Å². The summed E-state index contributed by atoms with van der Waals surface area (Å²) >= 11 is 0. The van der Waals surface area contributed by atoms with Crippen molar-refractivity contribution < 1.29 is 23.9 Å². The molecule has 1 unspecified atom stereocenters. The van der Waals surface area contributed by atoms with Gasteiger partial charge in [-0.25, -0.2) is 0 Å². The Kier molecular flexibility index (Phi) is 9.30. The first-order valence-electron chi connectivity index (χ1n) is 13.1. The fourth-order valence-corrected chi connectivity index (χ4v) is 6.17. The van der Waals surface area contributed by atoms with E-state index in [-0.39, 0.29) is 52.5 Å². The van der Waals surface area contributed by atoms with Gasteiger partial charge in [0.25, 0.3) is 0 Å². The van der Waals surface area contributed by atoms with Crippen LogP contribution in [0.4, 0.5) is 0 Å².